The number of benzene rings is 1. The van der Waals surface area contributed by atoms with E-state index >= 15 is 0 Å². The molecule has 0 radical (unpaired) electrons. The van der Waals surface area contributed by atoms with Crippen LogP contribution in [0.25, 0.3) is 10.8 Å². The molecular weight excluding hydrogens is 324 g/mol. The van der Waals surface area contributed by atoms with Gasteiger partial charge >= 0.3 is 6.03 Å². The summed E-state index contributed by atoms with van der Waals surface area (Å²) in [6.07, 6.45) is 2.24. The molecule has 1 fully saturated rings. The van der Waals surface area contributed by atoms with Crippen molar-refractivity contribution >= 4 is 23.1 Å². The third kappa shape index (κ3) is 3.30. The van der Waals surface area contributed by atoms with Crippen molar-refractivity contribution in [1.82, 2.24) is 15.5 Å². The number of nitrogens with one attached hydrogen (secondary N) is 2. The number of urea groups is 1. The molecule has 2 aromatic heterocycles. The number of thiophene rings is 1. The second kappa shape index (κ2) is 6.45. The summed E-state index contributed by atoms with van der Waals surface area (Å²) in [7, 11) is 0. The number of hydrogen-bond donors (Lipinski definition) is 2. The van der Waals surface area contributed by atoms with Gasteiger partial charge in [-0.1, -0.05) is 35.5 Å². The Hall–Kier alpha value is -2.67. The Balaban J connectivity index is 1.41. The summed E-state index contributed by atoms with van der Waals surface area (Å²) in [6.45, 7) is 0.471. The molecule has 24 heavy (non-hydrogen) atoms. The second-order valence-corrected chi connectivity index (χ2v) is 6.60. The van der Waals surface area contributed by atoms with Gasteiger partial charge in [0.25, 0.3) is 5.89 Å². The van der Waals surface area contributed by atoms with E-state index in [9.17, 15) is 4.79 Å². The average molecular weight is 340 g/mol. The lowest BCUT2D eigenvalue weighted by molar-refractivity contribution is 0.252. The van der Waals surface area contributed by atoms with Crippen molar-refractivity contribution in [2.45, 2.75) is 25.3 Å². The minimum Gasteiger partial charge on any atom is -0.334 e. The van der Waals surface area contributed by atoms with Crippen LogP contribution in [0.4, 0.5) is 10.5 Å². The number of anilines is 1. The molecule has 0 saturated heterocycles. The molecule has 0 unspecified atom stereocenters. The third-order valence-electron chi connectivity index (χ3n) is 3.79. The molecule has 3 aromatic rings. The number of rotatable bonds is 5. The maximum absolute atomic E-state index is 12.1. The fourth-order valence-corrected chi connectivity index (χ4v) is 3.12. The van der Waals surface area contributed by atoms with Crippen LogP contribution in [0.2, 0.25) is 0 Å². The number of hydrogen-bond acceptors (Lipinski definition) is 5. The van der Waals surface area contributed by atoms with Crippen molar-refractivity contribution in [3.63, 3.8) is 0 Å². The summed E-state index contributed by atoms with van der Waals surface area (Å²) in [6, 6.07) is 11.3. The van der Waals surface area contributed by atoms with E-state index in [0.717, 1.165) is 29.1 Å². The molecule has 0 bridgehead atoms. The molecule has 2 N–H and O–H groups in total. The van der Waals surface area contributed by atoms with Crippen LogP contribution in [-0.4, -0.2) is 16.2 Å². The summed E-state index contributed by atoms with van der Waals surface area (Å²) >= 11 is 1.47. The molecule has 1 aliphatic carbocycles. The fourth-order valence-electron chi connectivity index (χ4n) is 2.35. The topological polar surface area (TPSA) is 80.0 Å². The average Bonchev–Trinajstić information content (AvgIpc) is 3.16. The smallest absolute Gasteiger partial charge is 0.319 e. The molecule has 0 atom stereocenters. The predicted molar refractivity (Wildman–Crippen MR) is 91.9 cm³/mol. The van der Waals surface area contributed by atoms with Gasteiger partial charge in [-0.3, -0.25) is 0 Å². The van der Waals surface area contributed by atoms with Crippen LogP contribution < -0.4 is 10.6 Å². The monoisotopic (exact) mass is 340 g/mol. The van der Waals surface area contributed by atoms with E-state index in [-0.39, 0.29) is 6.03 Å². The first-order valence-corrected chi connectivity index (χ1v) is 8.68. The lowest BCUT2D eigenvalue weighted by atomic mass is 10.2. The van der Waals surface area contributed by atoms with Gasteiger partial charge in [-0.15, -0.1) is 11.3 Å². The number of carbonyl (C=O) groups excluding carboxylic acids is 1. The highest BCUT2D eigenvalue weighted by molar-refractivity contribution is 7.14. The highest BCUT2D eigenvalue weighted by Crippen LogP contribution is 2.40. The van der Waals surface area contributed by atoms with Crippen LogP contribution in [0.15, 0.2) is 46.3 Å². The quantitative estimate of drug-likeness (QED) is 0.736. The molecule has 122 valence electrons. The van der Waals surface area contributed by atoms with Gasteiger partial charge in [0, 0.05) is 12.5 Å². The molecule has 2 heterocycles. The first-order chi connectivity index (χ1) is 11.8. The van der Waals surface area contributed by atoms with Gasteiger partial charge in [0.2, 0.25) is 0 Å². The third-order valence-corrected chi connectivity index (χ3v) is 4.69. The summed E-state index contributed by atoms with van der Waals surface area (Å²) in [5, 5.41) is 11.6. The number of nitrogens with zero attached hydrogens (tertiary/aromatic N) is 2. The Morgan fingerprint density at radius 2 is 2.08 bits per heavy atom. The van der Waals surface area contributed by atoms with Gasteiger partial charge < -0.3 is 15.2 Å². The van der Waals surface area contributed by atoms with Gasteiger partial charge in [0.05, 0.1) is 5.69 Å². The zero-order valence-electron chi connectivity index (χ0n) is 12.9. The SMILES string of the molecule is O=C(NCc1ccccc1)Nc1ccsc1-c1nc(C2CC2)no1. The number of aromatic nitrogens is 2. The number of amides is 2. The van der Waals surface area contributed by atoms with Gasteiger partial charge in [0.15, 0.2) is 5.82 Å². The molecule has 0 spiro atoms. The van der Waals surface area contributed by atoms with E-state index in [1.54, 1.807) is 0 Å². The van der Waals surface area contributed by atoms with Crippen molar-refractivity contribution in [1.29, 1.82) is 0 Å². The Morgan fingerprint density at radius 3 is 2.88 bits per heavy atom. The molecule has 0 aliphatic heterocycles. The van der Waals surface area contributed by atoms with E-state index in [2.05, 4.69) is 20.8 Å². The highest BCUT2D eigenvalue weighted by atomic mass is 32.1. The molecule has 1 aromatic carbocycles. The maximum Gasteiger partial charge on any atom is 0.319 e. The van der Waals surface area contributed by atoms with Crippen LogP contribution in [0.5, 0.6) is 0 Å². The minimum atomic E-state index is -0.263. The van der Waals surface area contributed by atoms with Crippen LogP contribution in [0, 0.1) is 0 Å². The van der Waals surface area contributed by atoms with Crippen molar-refractivity contribution in [2.75, 3.05) is 5.32 Å². The van der Waals surface area contributed by atoms with Gasteiger partial charge in [-0.25, -0.2) is 4.79 Å². The van der Waals surface area contributed by atoms with Crippen molar-refractivity contribution < 1.29 is 9.32 Å². The van der Waals surface area contributed by atoms with Crippen LogP contribution >= 0.6 is 11.3 Å². The number of carbonyl (C=O) groups is 1. The molecule has 6 nitrogen and oxygen atoms in total. The Kier molecular flexibility index (Phi) is 4.00. The largest absolute Gasteiger partial charge is 0.334 e. The lowest BCUT2D eigenvalue weighted by Gasteiger charge is -2.07. The van der Waals surface area contributed by atoms with Crippen molar-refractivity contribution in [2.24, 2.45) is 0 Å². The molecule has 4 rings (SSSR count). The predicted octanol–water partition coefficient (Wildman–Crippen LogP) is 4.00. The lowest BCUT2D eigenvalue weighted by Crippen LogP contribution is -2.28. The summed E-state index contributed by atoms with van der Waals surface area (Å²) in [4.78, 5) is 17.3. The Bertz CT molecular complexity index is 839. The molecular formula is C17H16N4O2S. The zero-order chi connectivity index (χ0) is 16.4. The van der Waals surface area contributed by atoms with Crippen molar-refractivity contribution in [3.8, 4) is 10.8 Å². The molecule has 7 heteroatoms. The fraction of sp³-hybridized carbons (Fsp3) is 0.235. The second-order valence-electron chi connectivity index (χ2n) is 5.69. The summed E-state index contributed by atoms with van der Waals surface area (Å²) in [5.41, 5.74) is 1.72. The van der Waals surface area contributed by atoms with Crippen LogP contribution in [0.1, 0.15) is 30.1 Å². The van der Waals surface area contributed by atoms with E-state index in [1.165, 1.54) is 11.3 Å². The van der Waals surface area contributed by atoms with Gasteiger partial charge in [-0.2, -0.15) is 4.98 Å². The van der Waals surface area contributed by atoms with Gasteiger partial charge in [0.1, 0.15) is 4.88 Å². The van der Waals surface area contributed by atoms with E-state index < -0.39 is 0 Å². The zero-order valence-corrected chi connectivity index (χ0v) is 13.7. The maximum atomic E-state index is 12.1. The highest BCUT2D eigenvalue weighted by Gasteiger charge is 2.29. The molecule has 2 amide bonds. The van der Waals surface area contributed by atoms with Crippen molar-refractivity contribution in [3.05, 3.63) is 53.2 Å². The summed E-state index contributed by atoms with van der Waals surface area (Å²) < 4.78 is 5.34. The first-order valence-electron chi connectivity index (χ1n) is 7.80. The summed E-state index contributed by atoms with van der Waals surface area (Å²) in [5.74, 6) is 1.66. The van der Waals surface area contributed by atoms with Gasteiger partial charge in [-0.05, 0) is 29.9 Å². The van der Waals surface area contributed by atoms with Crippen LogP contribution in [-0.2, 0) is 6.54 Å². The van der Waals surface area contributed by atoms with E-state index in [1.807, 2.05) is 41.8 Å². The van der Waals surface area contributed by atoms with Crippen LogP contribution in [0.3, 0.4) is 0 Å². The molecule has 1 saturated carbocycles. The standard InChI is InChI=1S/C17H16N4O2S/c22-17(18-10-11-4-2-1-3-5-11)19-13-8-9-24-14(13)16-20-15(21-23-16)12-6-7-12/h1-5,8-9,12H,6-7,10H2,(H2,18,19,22). The normalized spacial score (nSPS) is 13.7. The minimum absolute atomic E-state index is 0.263. The molecule has 1 aliphatic rings. The first kappa shape index (κ1) is 14.9. The Labute approximate surface area is 142 Å². The van der Waals surface area contributed by atoms with E-state index in [0.29, 0.717) is 24.0 Å². The Morgan fingerprint density at radius 1 is 1.25 bits per heavy atom. The van der Waals surface area contributed by atoms with E-state index in [4.69, 9.17) is 4.52 Å².